The van der Waals surface area contributed by atoms with E-state index in [-0.39, 0.29) is 64.5 Å². The maximum atomic E-state index is 17.4. The van der Waals surface area contributed by atoms with Crippen molar-refractivity contribution < 1.29 is 36.2 Å². The molecule has 5 aliphatic rings. The van der Waals surface area contributed by atoms with E-state index < -0.39 is 32.8 Å². The molecule has 4 atom stereocenters. The van der Waals surface area contributed by atoms with Crippen LogP contribution in [0.25, 0.3) is 32.9 Å². The smallest absolute Gasteiger partial charge is 0.410 e. The summed E-state index contributed by atoms with van der Waals surface area (Å²) in [5.41, 5.74) is -0.883. The molecule has 4 saturated heterocycles. The first kappa shape index (κ1) is 43.1. The number of ether oxygens (including phenoxy) is 3. The summed E-state index contributed by atoms with van der Waals surface area (Å²) in [6, 6.07) is 14.1. The van der Waals surface area contributed by atoms with Crippen molar-refractivity contribution in [2.24, 2.45) is 0 Å². The van der Waals surface area contributed by atoms with Crippen molar-refractivity contribution in [2.75, 3.05) is 37.7 Å². The number of anilines is 1. The molecule has 1 amide bonds. The van der Waals surface area contributed by atoms with Crippen LogP contribution in [0.1, 0.15) is 83.0 Å². The predicted octanol–water partition coefficient (Wildman–Crippen LogP) is 7.46. The lowest BCUT2D eigenvalue weighted by Gasteiger charge is -2.42. The van der Waals surface area contributed by atoms with Gasteiger partial charge in [-0.3, -0.25) is 14.8 Å². The first-order valence-corrected chi connectivity index (χ1v) is 24.2. The average Bonchev–Trinajstić information content (AvgIpc) is 3.58. The maximum Gasteiger partial charge on any atom is 0.410 e. The van der Waals surface area contributed by atoms with Crippen molar-refractivity contribution in [1.29, 1.82) is 0 Å². The third kappa shape index (κ3) is 7.75. The summed E-state index contributed by atoms with van der Waals surface area (Å²) in [6.45, 7) is 7.92. The zero-order chi connectivity index (χ0) is 46.4. The van der Waals surface area contributed by atoms with Gasteiger partial charge in [0.2, 0.25) is 0 Å². The van der Waals surface area contributed by atoms with Crippen LogP contribution in [-0.4, -0.2) is 116 Å². The van der Waals surface area contributed by atoms with Gasteiger partial charge in [-0.25, -0.2) is 18.6 Å². The van der Waals surface area contributed by atoms with Gasteiger partial charge in [0.05, 0.1) is 33.5 Å². The quantitative estimate of drug-likeness (QED) is 0.125. The predicted molar refractivity (Wildman–Crippen MR) is 244 cm³/mol. The Morgan fingerprint density at radius 3 is 2.54 bits per heavy atom. The molecular formula is C49H49F2N9O6S. The molecule has 15 nitrogen and oxygen atoms in total. The van der Waals surface area contributed by atoms with E-state index in [0.717, 1.165) is 49.2 Å². The highest BCUT2D eigenvalue weighted by molar-refractivity contribution is 7.89. The molecule has 7 heterocycles. The minimum Gasteiger partial charge on any atom is -0.489 e. The number of halogens is 2. The molecule has 18 heteroatoms. The number of benzene rings is 3. The molecule has 2 bridgehead atoms. The van der Waals surface area contributed by atoms with Crippen LogP contribution in [0.4, 0.5) is 19.4 Å². The van der Waals surface area contributed by atoms with Gasteiger partial charge in [-0.2, -0.15) is 18.4 Å². The van der Waals surface area contributed by atoms with Crippen molar-refractivity contribution in [1.82, 2.24) is 38.9 Å². The minimum atomic E-state index is -3.99. The fourth-order valence-corrected chi connectivity index (χ4v) is 11.6. The van der Waals surface area contributed by atoms with Gasteiger partial charge in [-0.05, 0) is 89.4 Å². The van der Waals surface area contributed by atoms with Crippen LogP contribution < -0.4 is 14.4 Å². The van der Waals surface area contributed by atoms with Crippen LogP contribution in [0, 0.1) is 24.0 Å². The number of carbonyl (C=O) groups is 1. The Balaban J connectivity index is 0.902. The summed E-state index contributed by atoms with van der Waals surface area (Å²) in [5, 5.41) is 5.60. The van der Waals surface area contributed by atoms with Crippen molar-refractivity contribution >= 4 is 43.6 Å². The minimum absolute atomic E-state index is 0.00566. The van der Waals surface area contributed by atoms with Gasteiger partial charge in [0, 0.05) is 55.2 Å². The van der Waals surface area contributed by atoms with Crippen molar-refractivity contribution in [3.8, 4) is 35.4 Å². The topological polar surface area (TPSA) is 158 Å². The molecule has 6 aromatic rings. The molecule has 3 aromatic heterocycles. The molecule has 67 heavy (non-hydrogen) atoms. The maximum absolute atomic E-state index is 17.4. The van der Waals surface area contributed by atoms with Crippen LogP contribution in [-0.2, 0) is 14.8 Å². The molecule has 2 unspecified atom stereocenters. The van der Waals surface area contributed by atoms with Crippen molar-refractivity contribution in [3.05, 3.63) is 90.1 Å². The fraction of sp³-hybridized carbons (Fsp3) is 0.429. The van der Waals surface area contributed by atoms with E-state index in [2.05, 4.69) is 25.9 Å². The molecule has 1 saturated carbocycles. The molecule has 5 fully saturated rings. The molecule has 1 aliphatic carbocycles. The average molecular weight is 930 g/mol. The lowest BCUT2D eigenvalue weighted by Crippen LogP contribution is -2.57. The second-order valence-corrected chi connectivity index (χ2v) is 21.2. The summed E-state index contributed by atoms with van der Waals surface area (Å²) >= 11 is 0. The van der Waals surface area contributed by atoms with E-state index in [9.17, 15) is 13.2 Å². The second kappa shape index (κ2) is 16.1. The third-order valence-electron chi connectivity index (χ3n) is 13.8. The summed E-state index contributed by atoms with van der Waals surface area (Å²) in [5.74, 6) is 2.68. The first-order valence-electron chi connectivity index (χ1n) is 22.8. The lowest BCUT2D eigenvalue weighted by atomic mass is 9.94. The number of terminal acetylenes is 1. The summed E-state index contributed by atoms with van der Waals surface area (Å²) in [7, 11) is -3.99. The fourth-order valence-electron chi connectivity index (χ4n) is 10.6. The van der Waals surface area contributed by atoms with Crippen LogP contribution >= 0.6 is 0 Å². The molecule has 3 aromatic carbocycles. The number of nitrogens with zero attached hydrogens (tertiary/aromatic N) is 9. The number of hydrogen-bond acceptors (Lipinski definition) is 13. The van der Waals surface area contributed by atoms with Crippen molar-refractivity contribution in [2.45, 2.75) is 106 Å². The molecule has 4 aliphatic heterocycles. The van der Waals surface area contributed by atoms with Gasteiger partial charge in [0.1, 0.15) is 53.2 Å². The van der Waals surface area contributed by atoms with Crippen LogP contribution in [0.15, 0.2) is 72.0 Å². The number of amides is 1. The van der Waals surface area contributed by atoms with E-state index in [4.69, 9.17) is 30.6 Å². The largest absolute Gasteiger partial charge is 0.489 e. The monoisotopic (exact) mass is 929 g/mol. The number of hydrogen-bond donors (Lipinski definition) is 0. The number of aromatic nitrogens is 6. The Labute approximate surface area is 386 Å². The van der Waals surface area contributed by atoms with Gasteiger partial charge < -0.3 is 19.1 Å². The summed E-state index contributed by atoms with van der Waals surface area (Å²) < 4.78 is 79.4. The van der Waals surface area contributed by atoms with Gasteiger partial charge in [0.25, 0.3) is 10.0 Å². The first-order chi connectivity index (χ1) is 32.2. The van der Waals surface area contributed by atoms with Crippen LogP contribution in [0.2, 0.25) is 0 Å². The molecule has 346 valence electrons. The van der Waals surface area contributed by atoms with Crippen molar-refractivity contribution in [3.63, 3.8) is 0 Å². The van der Waals surface area contributed by atoms with Gasteiger partial charge >= 0.3 is 12.1 Å². The van der Waals surface area contributed by atoms with Gasteiger partial charge in [-0.1, -0.05) is 36.3 Å². The molecule has 0 radical (unpaired) electrons. The Morgan fingerprint density at radius 1 is 0.985 bits per heavy atom. The SMILES string of the molecule is C#Cc1c(F)ccc2cccc(-c3ncc4c(N5CC6CCC(C5)N6C(=O)OC(C)(C)C)nc(OC[C@]56CCCN5C[C@@H](Oc5cccc(S(=O)(=O)n7cnc(C8CC8)n7)c5)C6)nc4c3F)c12. The Kier molecular flexibility index (Phi) is 10.4. The number of rotatable bonds is 10. The zero-order valence-electron chi connectivity index (χ0n) is 37.4. The van der Waals surface area contributed by atoms with E-state index >= 15 is 8.78 Å². The Morgan fingerprint density at radius 2 is 1.78 bits per heavy atom. The Hall–Kier alpha value is -6.45. The van der Waals surface area contributed by atoms with E-state index in [1.165, 1.54) is 30.7 Å². The molecule has 0 N–H and O–H groups in total. The summed E-state index contributed by atoms with van der Waals surface area (Å²) in [4.78, 5) is 38.2. The third-order valence-corrected chi connectivity index (χ3v) is 15.3. The van der Waals surface area contributed by atoms with E-state index in [1.807, 2.05) is 30.6 Å². The molecular weight excluding hydrogens is 881 g/mol. The second-order valence-electron chi connectivity index (χ2n) is 19.4. The number of fused-ring (bicyclic) bond motifs is 5. The van der Waals surface area contributed by atoms with Gasteiger partial charge in [0.15, 0.2) is 11.6 Å². The van der Waals surface area contributed by atoms with E-state index in [0.29, 0.717) is 65.2 Å². The zero-order valence-corrected chi connectivity index (χ0v) is 38.2. The molecule has 0 spiro atoms. The Bertz CT molecular complexity index is 3120. The summed E-state index contributed by atoms with van der Waals surface area (Å²) in [6.07, 6.45) is 13.7. The van der Waals surface area contributed by atoms with Crippen LogP contribution in [0.5, 0.6) is 11.8 Å². The lowest BCUT2D eigenvalue weighted by molar-refractivity contribution is 0.0122. The molecule has 11 rings (SSSR count). The number of pyridine rings is 1. The van der Waals surface area contributed by atoms with E-state index in [1.54, 1.807) is 36.4 Å². The normalized spacial score (nSPS) is 22.9. The number of carbonyl (C=O) groups excluding carboxylic acids is 1. The number of piperazine rings is 1. The highest BCUT2D eigenvalue weighted by Crippen LogP contribution is 2.43. The highest BCUT2D eigenvalue weighted by atomic mass is 32.2. The highest BCUT2D eigenvalue weighted by Gasteiger charge is 2.50. The van der Waals surface area contributed by atoms with Crippen LogP contribution in [0.3, 0.4) is 0 Å². The van der Waals surface area contributed by atoms with Gasteiger partial charge in [-0.15, -0.1) is 15.6 Å². The standard InChI is InChI=1S/C49H49F2N9O6S/c1-5-36-39(50)18-15-29-9-6-12-37(40(29)36)42-41(51)43-38(23-52-42)45(57-24-31-16-17-32(25-57)60(31)47(61)66-48(2,3)4)55-46(54-43)64-27-49-19-8-20-58(49)26-34(22-49)65-33-10-7-11-35(21-33)67(62,63)59-28-53-44(56-59)30-13-14-30/h1,6-7,9-12,15,18,21,23,28,30-32,34H,8,13-14,16-17,19-20,22,24-27H2,2-4H3/t31?,32?,34-,49+/m0/s1.